The van der Waals surface area contributed by atoms with Crippen molar-refractivity contribution in [3.05, 3.63) is 35.3 Å². The minimum Gasteiger partial charge on any atom is -0.497 e. The minimum atomic E-state index is -1.14. The first-order valence-corrected chi connectivity index (χ1v) is 5.16. The Morgan fingerprint density at radius 3 is 2.72 bits per heavy atom. The Labute approximate surface area is 102 Å². The molecule has 1 aromatic heterocycles. The number of carbonyl (C=O) groups is 1. The fraction of sp³-hybridized carbons (Fsp3) is 0.167. The average Bonchev–Trinajstić information content (AvgIpc) is 2.82. The zero-order valence-corrected chi connectivity index (χ0v) is 9.82. The molecule has 5 nitrogen and oxygen atoms in total. The molecule has 0 aliphatic rings. The molecule has 0 bridgehead atoms. The summed E-state index contributed by atoms with van der Waals surface area (Å²) in [5, 5.41) is 14.9. The summed E-state index contributed by atoms with van der Waals surface area (Å²) >= 11 is 0. The number of aromatic amines is 1. The molecule has 0 saturated carbocycles. The first-order chi connectivity index (χ1) is 8.52. The highest BCUT2D eigenvalue weighted by molar-refractivity contribution is 5.87. The van der Waals surface area contributed by atoms with Gasteiger partial charge in [0.2, 0.25) is 0 Å². The molecule has 2 rings (SSSR count). The van der Waals surface area contributed by atoms with E-state index >= 15 is 0 Å². The van der Waals surface area contributed by atoms with Gasteiger partial charge in [0.1, 0.15) is 17.3 Å². The molecule has 2 aromatic rings. The van der Waals surface area contributed by atoms with Crippen molar-refractivity contribution in [2.45, 2.75) is 6.92 Å². The molecule has 94 valence electrons. The van der Waals surface area contributed by atoms with E-state index in [9.17, 15) is 9.18 Å². The highest BCUT2D eigenvalue weighted by atomic mass is 19.1. The van der Waals surface area contributed by atoms with Crippen molar-refractivity contribution < 1.29 is 19.0 Å². The van der Waals surface area contributed by atoms with Crippen molar-refractivity contribution in [2.75, 3.05) is 7.11 Å². The molecule has 6 heteroatoms. The maximum Gasteiger partial charge on any atom is 0.353 e. The standard InChI is InChI=1S/C12H11FN2O3/c1-6-3-7(18-2)4-8(11(6)13)9-5-10(12(16)17)15-14-9/h3-5H,1-2H3,(H,14,15)(H,16,17). The lowest BCUT2D eigenvalue weighted by atomic mass is 10.1. The number of carboxylic acid groups (broad SMARTS) is 1. The second-order valence-electron chi connectivity index (χ2n) is 3.78. The maximum absolute atomic E-state index is 14.0. The fourth-order valence-corrected chi connectivity index (χ4v) is 1.61. The Hall–Kier alpha value is -2.37. The number of ether oxygens (including phenoxy) is 1. The number of benzene rings is 1. The molecular weight excluding hydrogens is 239 g/mol. The van der Waals surface area contributed by atoms with E-state index in [2.05, 4.69) is 10.2 Å². The van der Waals surface area contributed by atoms with Gasteiger partial charge in [-0.15, -0.1) is 0 Å². The summed E-state index contributed by atoms with van der Waals surface area (Å²) in [5.41, 5.74) is 0.747. The predicted molar refractivity (Wildman–Crippen MR) is 62.2 cm³/mol. The van der Waals surface area contributed by atoms with Gasteiger partial charge in [-0.05, 0) is 30.7 Å². The van der Waals surface area contributed by atoms with Crippen LogP contribution in [0.1, 0.15) is 16.1 Å². The van der Waals surface area contributed by atoms with E-state index in [1.54, 1.807) is 13.0 Å². The van der Waals surface area contributed by atoms with E-state index < -0.39 is 11.8 Å². The molecule has 0 amide bonds. The molecule has 0 spiro atoms. The van der Waals surface area contributed by atoms with E-state index in [0.29, 0.717) is 11.3 Å². The molecule has 0 radical (unpaired) electrons. The van der Waals surface area contributed by atoms with E-state index in [1.807, 2.05) is 0 Å². The number of H-pyrrole nitrogens is 1. The third-order valence-corrected chi connectivity index (χ3v) is 2.55. The zero-order chi connectivity index (χ0) is 13.3. The van der Waals surface area contributed by atoms with Crippen molar-refractivity contribution in [3.8, 4) is 17.0 Å². The first kappa shape index (κ1) is 12.1. The van der Waals surface area contributed by atoms with Crippen molar-refractivity contribution >= 4 is 5.97 Å². The molecule has 0 fully saturated rings. The number of carboxylic acids is 1. The maximum atomic E-state index is 14.0. The Morgan fingerprint density at radius 1 is 1.44 bits per heavy atom. The largest absolute Gasteiger partial charge is 0.497 e. The second kappa shape index (κ2) is 4.48. The van der Waals surface area contributed by atoms with Crippen molar-refractivity contribution in [1.82, 2.24) is 10.2 Å². The summed E-state index contributed by atoms with van der Waals surface area (Å²) in [4.78, 5) is 10.7. The van der Waals surface area contributed by atoms with Gasteiger partial charge in [-0.3, -0.25) is 5.10 Å². The monoisotopic (exact) mass is 250 g/mol. The van der Waals surface area contributed by atoms with Gasteiger partial charge in [0, 0.05) is 5.56 Å². The van der Waals surface area contributed by atoms with Gasteiger partial charge < -0.3 is 9.84 Å². The van der Waals surface area contributed by atoms with E-state index in [1.165, 1.54) is 19.2 Å². The van der Waals surface area contributed by atoms with E-state index in [-0.39, 0.29) is 17.0 Å². The molecular formula is C12H11FN2O3. The number of methoxy groups -OCH3 is 1. The highest BCUT2D eigenvalue weighted by Crippen LogP contribution is 2.28. The number of nitrogens with zero attached hydrogens (tertiary/aromatic N) is 1. The summed E-state index contributed by atoms with van der Waals surface area (Å²) in [6, 6.07) is 4.31. The van der Waals surface area contributed by atoms with Crippen molar-refractivity contribution in [1.29, 1.82) is 0 Å². The summed E-state index contributed by atoms with van der Waals surface area (Å²) in [6.45, 7) is 1.60. The van der Waals surface area contributed by atoms with Crippen LogP contribution in [-0.4, -0.2) is 28.4 Å². The normalized spacial score (nSPS) is 10.4. The zero-order valence-electron chi connectivity index (χ0n) is 9.82. The van der Waals surface area contributed by atoms with Gasteiger partial charge in [-0.25, -0.2) is 9.18 Å². The van der Waals surface area contributed by atoms with Gasteiger partial charge in [0.15, 0.2) is 0 Å². The molecule has 1 heterocycles. The van der Waals surface area contributed by atoms with Gasteiger partial charge in [0.05, 0.1) is 12.8 Å². The number of aromatic carboxylic acids is 1. The Kier molecular flexibility index (Phi) is 3.01. The average molecular weight is 250 g/mol. The number of aryl methyl sites for hydroxylation is 1. The summed E-state index contributed by atoms with van der Waals surface area (Å²) in [6.07, 6.45) is 0. The molecule has 2 N–H and O–H groups in total. The molecule has 0 unspecified atom stereocenters. The number of aromatic nitrogens is 2. The number of rotatable bonds is 3. The van der Waals surface area contributed by atoms with Crippen LogP contribution in [-0.2, 0) is 0 Å². The predicted octanol–water partition coefficient (Wildman–Crippen LogP) is 2.23. The SMILES string of the molecule is COc1cc(C)c(F)c(-c2cc(C(=O)O)[nH]n2)c1. The number of halogens is 1. The number of hydrogen-bond donors (Lipinski definition) is 2. The third-order valence-electron chi connectivity index (χ3n) is 2.55. The van der Waals surface area contributed by atoms with Crippen molar-refractivity contribution in [3.63, 3.8) is 0 Å². The first-order valence-electron chi connectivity index (χ1n) is 5.16. The van der Waals surface area contributed by atoms with Crippen molar-refractivity contribution in [2.24, 2.45) is 0 Å². The second-order valence-corrected chi connectivity index (χ2v) is 3.78. The molecule has 0 aliphatic heterocycles. The number of hydrogen-bond acceptors (Lipinski definition) is 3. The quantitative estimate of drug-likeness (QED) is 0.875. The molecule has 0 aliphatic carbocycles. The van der Waals surface area contributed by atoms with E-state index in [0.717, 1.165) is 0 Å². The Morgan fingerprint density at radius 2 is 2.17 bits per heavy atom. The van der Waals surface area contributed by atoms with Crippen LogP contribution in [0, 0.1) is 12.7 Å². The van der Waals surface area contributed by atoms with E-state index in [4.69, 9.17) is 9.84 Å². The molecule has 1 aromatic carbocycles. The lowest BCUT2D eigenvalue weighted by Crippen LogP contribution is -1.95. The molecule has 0 saturated heterocycles. The van der Waals surface area contributed by atoms with Gasteiger partial charge in [-0.2, -0.15) is 5.10 Å². The van der Waals surface area contributed by atoms with Crippen LogP contribution >= 0.6 is 0 Å². The minimum absolute atomic E-state index is 0.0927. The topological polar surface area (TPSA) is 75.2 Å². The lowest BCUT2D eigenvalue weighted by Gasteiger charge is -2.06. The van der Waals surface area contributed by atoms with Crippen LogP contribution in [0.5, 0.6) is 5.75 Å². The third kappa shape index (κ3) is 2.04. The van der Waals surface area contributed by atoms with Gasteiger partial charge in [0.25, 0.3) is 0 Å². The summed E-state index contributed by atoms with van der Waals surface area (Å²) in [5.74, 6) is -1.10. The van der Waals surface area contributed by atoms with Gasteiger partial charge >= 0.3 is 5.97 Å². The fourth-order valence-electron chi connectivity index (χ4n) is 1.61. The summed E-state index contributed by atoms with van der Waals surface area (Å²) < 4.78 is 19.0. The van der Waals surface area contributed by atoms with Crippen LogP contribution in [0.15, 0.2) is 18.2 Å². The summed E-state index contributed by atoms with van der Waals surface area (Å²) in [7, 11) is 1.48. The Bertz CT molecular complexity index is 607. The van der Waals surface area contributed by atoms with Crippen LogP contribution in [0.2, 0.25) is 0 Å². The smallest absolute Gasteiger partial charge is 0.353 e. The van der Waals surface area contributed by atoms with Crippen LogP contribution in [0.4, 0.5) is 4.39 Å². The lowest BCUT2D eigenvalue weighted by molar-refractivity contribution is 0.0690. The van der Waals surface area contributed by atoms with Gasteiger partial charge in [-0.1, -0.05) is 0 Å². The van der Waals surface area contributed by atoms with Crippen LogP contribution < -0.4 is 4.74 Å². The number of nitrogens with one attached hydrogen (secondary N) is 1. The van der Waals surface area contributed by atoms with Crippen LogP contribution in [0.3, 0.4) is 0 Å². The van der Waals surface area contributed by atoms with Crippen LogP contribution in [0.25, 0.3) is 11.3 Å². The Balaban J connectivity index is 2.55. The highest BCUT2D eigenvalue weighted by Gasteiger charge is 2.15. The molecule has 0 atom stereocenters. The molecule has 18 heavy (non-hydrogen) atoms.